The second-order valence-corrected chi connectivity index (χ2v) is 12.0. The smallest absolute Gasteiger partial charge is 0.407 e. The number of carbonyl (C=O) groups excluding carboxylic acids is 3. The van der Waals surface area contributed by atoms with Crippen LogP contribution in [0.3, 0.4) is 0 Å². The summed E-state index contributed by atoms with van der Waals surface area (Å²) in [7, 11) is 0. The number of nitrogens with two attached hydrogens (primary N) is 1. The van der Waals surface area contributed by atoms with Crippen molar-refractivity contribution in [2.75, 3.05) is 25.4 Å². The molecule has 1 aliphatic heterocycles. The molecular weight excluding hydrogens is 452 g/mol. The summed E-state index contributed by atoms with van der Waals surface area (Å²) in [5, 5.41) is 5.92. The zero-order valence-electron chi connectivity index (χ0n) is 21.6. The Labute approximate surface area is 209 Å². The number of ether oxygens (including phenoxy) is 1. The molecule has 1 heterocycles. The zero-order valence-corrected chi connectivity index (χ0v) is 22.4. The van der Waals surface area contributed by atoms with E-state index in [9.17, 15) is 14.4 Å². The highest BCUT2D eigenvalue weighted by Gasteiger charge is 2.44. The minimum Gasteiger partial charge on any atom is -0.450 e. The first-order valence-electron chi connectivity index (χ1n) is 13.1. The van der Waals surface area contributed by atoms with Crippen molar-refractivity contribution < 1.29 is 19.1 Å². The molecule has 196 valence electrons. The monoisotopic (exact) mass is 498 g/mol. The lowest BCUT2D eigenvalue weighted by Gasteiger charge is -2.37. The van der Waals surface area contributed by atoms with Crippen LogP contribution in [-0.2, 0) is 14.3 Å². The van der Waals surface area contributed by atoms with E-state index in [1.54, 1.807) is 16.7 Å². The summed E-state index contributed by atoms with van der Waals surface area (Å²) in [5.74, 6) is 1.05. The summed E-state index contributed by atoms with van der Waals surface area (Å²) in [6.45, 7) is 9.47. The van der Waals surface area contributed by atoms with E-state index < -0.39 is 22.9 Å². The van der Waals surface area contributed by atoms with Gasteiger partial charge < -0.3 is 26.0 Å². The van der Waals surface area contributed by atoms with Crippen LogP contribution in [0.15, 0.2) is 0 Å². The molecule has 0 radical (unpaired) electrons. The Morgan fingerprint density at radius 1 is 1.12 bits per heavy atom. The normalized spacial score (nSPS) is 23.9. The van der Waals surface area contributed by atoms with Crippen molar-refractivity contribution >= 4 is 29.7 Å². The lowest BCUT2D eigenvalue weighted by Crippen LogP contribution is -2.60. The van der Waals surface area contributed by atoms with Gasteiger partial charge in [-0.05, 0) is 76.9 Å². The van der Waals surface area contributed by atoms with Crippen LogP contribution >= 0.6 is 11.8 Å². The van der Waals surface area contributed by atoms with Crippen LogP contribution in [0.1, 0.15) is 85.5 Å². The third-order valence-electron chi connectivity index (χ3n) is 6.91. The van der Waals surface area contributed by atoms with Gasteiger partial charge in [0.1, 0.15) is 12.1 Å². The van der Waals surface area contributed by atoms with E-state index in [0.29, 0.717) is 38.5 Å². The zero-order chi connectivity index (χ0) is 25.1. The molecular formula is C25H46N4O4S. The highest BCUT2D eigenvalue weighted by molar-refractivity contribution is 8.00. The van der Waals surface area contributed by atoms with Crippen LogP contribution in [0, 0.1) is 5.92 Å². The minimum absolute atomic E-state index is 0.0931. The van der Waals surface area contributed by atoms with Gasteiger partial charge in [0.15, 0.2) is 0 Å². The van der Waals surface area contributed by atoms with E-state index in [2.05, 4.69) is 17.6 Å². The largest absolute Gasteiger partial charge is 0.450 e. The van der Waals surface area contributed by atoms with Gasteiger partial charge in [-0.3, -0.25) is 9.59 Å². The van der Waals surface area contributed by atoms with E-state index in [1.165, 1.54) is 0 Å². The summed E-state index contributed by atoms with van der Waals surface area (Å²) in [5.41, 5.74) is 5.99. The van der Waals surface area contributed by atoms with Crippen LogP contribution in [0.25, 0.3) is 0 Å². The molecule has 0 aromatic carbocycles. The summed E-state index contributed by atoms with van der Waals surface area (Å²) in [6.07, 6.45) is 7.71. The first-order chi connectivity index (χ1) is 16.2. The molecule has 2 atom stereocenters. The van der Waals surface area contributed by atoms with Crippen molar-refractivity contribution in [3.63, 3.8) is 0 Å². The highest BCUT2D eigenvalue weighted by atomic mass is 32.2. The first kappa shape index (κ1) is 28.8. The molecule has 1 saturated carbocycles. The second-order valence-electron chi connectivity index (χ2n) is 10.2. The molecule has 2 fully saturated rings. The van der Waals surface area contributed by atoms with Gasteiger partial charge >= 0.3 is 6.09 Å². The van der Waals surface area contributed by atoms with E-state index in [-0.39, 0.29) is 17.9 Å². The molecule has 34 heavy (non-hydrogen) atoms. The fourth-order valence-corrected chi connectivity index (χ4v) is 5.96. The SMILES string of the molecule is CCCCSC(C)(C)[C@@H](NC(=O)OCCC)C(=O)N1CCC[C@H]1C(=O)NCC1CCC(N)CC1. The van der Waals surface area contributed by atoms with E-state index in [0.717, 1.165) is 50.7 Å². The standard InChI is InChI=1S/C25H46N4O4S/c1-5-7-16-34-25(3,4)21(28-24(32)33-15-6-2)23(31)29-14-8-9-20(29)22(30)27-17-18-10-12-19(26)13-11-18/h18-21H,5-17,26H2,1-4H3,(H,27,30)(H,28,32)/t18?,19?,20-,21-/m0/s1. The lowest BCUT2D eigenvalue weighted by atomic mass is 9.86. The van der Waals surface area contributed by atoms with Crippen molar-refractivity contribution in [1.82, 2.24) is 15.5 Å². The van der Waals surface area contributed by atoms with Crippen molar-refractivity contribution in [3.8, 4) is 0 Å². The van der Waals surface area contributed by atoms with Crippen LogP contribution in [0.5, 0.6) is 0 Å². The van der Waals surface area contributed by atoms with Gasteiger partial charge in [0.2, 0.25) is 11.8 Å². The predicted molar refractivity (Wildman–Crippen MR) is 138 cm³/mol. The summed E-state index contributed by atoms with van der Waals surface area (Å²) >= 11 is 1.67. The van der Waals surface area contributed by atoms with E-state index in [4.69, 9.17) is 10.5 Å². The van der Waals surface area contributed by atoms with Crippen molar-refractivity contribution in [2.45, 2.75) is 108 Å². The Bertz CT molecular complexity index is 667. The molecule has 0 spiro atoms. The molecule has 9 heteroatoms. The number of likely N-dealkylation sites (tertiary alicyclic amines) is 1. The average Bonchev–Trinajstić information content (AvgIpc) is 3.30. The number of alkyl carbamates (subject to hydrolysis) is 1. The molecule has 4 N–H and O–H groups in total. The molecule has 2 rings (SSSR count). The fourth-order valence-electron chi connectivity index (χ4n) is 4.67. The molecule has 0 bridgehead atoms. The maximum Gasteiger partial charge on any atom is 0.407 e. The summed E-state index contributed by atoms with van der Waals surface area (Å²) < 4.78 is 4.68. The van der Waals surface area contributed by atoms with Crippen molar-refractivity contribution in [3.05, 3.63) is 0 Å². The van der Waals surface area contributed by atoms with Crippen molar-refractivity contribution in [1.29, 1.82) is 0 Å². The Morgan fingerprint density at radius 3 is 2.47 bits per heavy atom. The Kier molecular flexibility index (Phi) is 12.0. The molecule has 0 aromatic heterocycles. The molecule has 0 unspecified atom stereocenters. The lowest BCUT2D eigenvalue weighted by molar-refractivity contribution is -0.140. The predicted octanol–water partition coefficient (Wildman–Crippen LogP) is 3.43. The quantitative estimate of drug-likeness (QED) is 0.355. The molecule has 3 amide bonds. The second kappa shape index (κ2) is 14.2. The molecule has 8 nitrogen and oxygen atoms in total. The molecule has 2 aliphatic rings. The Balaban J connectivity index is 2.06. The molecule has 1 saturated heterocycles. The van der Waals surface area contributed by atoms with Gasteiger partial charge in [-0.25, -0.2) is 4.79 Å². The van der Waals surface area contributed by atoms with Crippen LogP contribution in [0.4, 0.5) is 4.79 Å². The number of unbranched alkanes of at least 4 members (excludes halogenated alkanes) is 1. The van der Waals surface area contributed by atoms with Gasteiger partial charge in [0.25, 0.3) is 0 Å². The average molecular weight is 499 g/mol. The number of amides is 3. The number of rotatable bonds is 12. The van der Waals surface area contributed by atoms with Gasteiger partial charge in [-0.2, -0.15) is 11.8 Å². The van der Waals surface area contributed by atoms with Crippen LogP contribution in [0.2, 0.25) is 0 Å². The number of carbonyl (C=O) groups is 3. The number of nitrogens with zero attached hydrogens (tertiary/aromatic N) is 1. The summed E-state index contributed by atoms with van der Waals surface area (Å²) in [6, 6.07) is -0.986. The Morgan fingerprint density at radius 2 is 1.82 bits per heavy atom. The van der Waals surface area contributed by atoms with Crippen LogP contribution < -0.4 is 16.4 Å². The van der Waals surface area contributed by atoms with E-state index in [1.807, 2.05) is 20.8 Å². The first-order valence-corrected chi connectivity index (χ1v) is 14.1. The van der Waals surface area contributed by atoms with Gasteiger partial charge in [0.05, 0.1) is 6.61 Å². The number of hydrogen-bond acceptors (Lipinski definition) is 6. The topological polar surface area (TPSA) is 114 Å². The fraction of sp³-hybridized carbons (Fsp3) is 0.880. The molecule has 1 aliphatic carbocycles. The number of thioether (sulfide) groups is 1. The highest BCUT2D eigenvalue weighted by Crippen LogP contribution is 2.32. The number of hydrogen-bond donors (Lipinski definition) is 3. The minimum atomic E-state index is -0.771. The maximum absolute atomic E-state index is 13.7. The third kappa shape index (κ3) is 8.63. The summed E-state index contributed by atoms with van der Waals surface area (Å²) in [4.78, 5) is 40.9. The van der Waals surface area contributed by atoms with E-state index >= 15 is 0 Å². The third-order valence-corrected chi connectivity index (χ3v) is 8.38. The van der Waals surface area contributed by atoms with Gasteiger partial charge in [-0.1, -0.05) is 20.3 Å². The van der Waals surface area contributed by atoms with Crippen molar-refractivity contribution in [2.24, 2.45) is 11.7 Å². The maximum atomic E-state index is 13.7. The Hall–Kier alpha value is -1.48. The van der Waals surface area contributed by atoms with Crippen LogP contribution in [-0.4, -0.2) is 71.1 Å². The molecule has 0 aromatic rings. The van der Waals surface area contributed by atoms with Gasteiger partial charge in [-0.15, -0.1) is 0 Å². The number of nitrogens with one attached hydrogen (secondary N) is 2. The van der Waals surface area contributed by atoms with Gasteiger partial charge in [0, 0.05) is 23.9 Å².